The molecule has 0 aliphatic carbocycles. The molecule has 2 atom stereocenters. The summed E-state index contributed by atoms with van der Waals surface area (Å²) in [5, 5.41) is 9.81. The van der Waals surface area contributed by atoms with Crippen LogP contribution in [-0.2, 0) is 4.74 Å². The lowest BCUT2D eigenvalue weighted by Crippen LogP contribution is -2.41. The molecule has 1 aromatic rings. The molecule has 2 aliphatic heterocycles. The van der Waals surface area contributed by atoms with E-state index in [9.17, 15) is 5.11 Å². The normalized spacial score (nSPS) is 26.2. The molecule has 0 saturated carbocycles. The Morgan fingerprint density at radius 1 is 1.26 bits per heavy atom. The SMILES string of the molecule is CC(C)c1cncnc1N1C[C@@H](CN2CCOCC2)[C@@H](CO)C1. The lowest BCUT2D eigenvalue weighted by molar-refractivity contribution is 0.0268. The van der Waals surface area contributed by atoms with Crippen LogP contribution in [0.5, 0.6) is 0 Å². The number of nitrogens with zero attached hydrogens (tertiary/aromatic N) is 4. The number of aromatic nitrogens is 2. The Hall–Kier alpha value is -1.24. The van der Waals surface area contributed by atoms with Gasteiger partial charge < -0.3 is 14.7 Å². The molecule has 2 fully saturated rings. The van der Waals surface area contributed by atoms with Crippen LogP contribution in [0.1, 0.15) is 25.3 Å². The summed E-state index contributed by atoms with van der Waals surface area (Å²) in [5.41, 5.74) is 1.19. The molecule has 3 rings (SSSR count). The van der Waals surface area contributed by atoms with Gasteiger partial charge in [0.15, 0.2) is 0 Å². The molecule has 2 saturated heterocycles. The number of hydrogen-bond acceptors (Lipinski definition) is 6. The van der Waals surface area contributed by atoms with Crippen LogP contribution >= 0.6 is 0 Å². The minimum atomic E-state index is 0.244. The Balaban J connectivity index is 1.71. The number of rotatable bonds is 5. The van der Waals surface area contributed by atoms with Crippen LogP contribution in [0.2, 0.25) is 0 Å². The molecule has 0 bridgehead atoms. The summed E-state index contributed by atoms with van der Waals surface area (Å²) >= 11 is 0. The second-order valence-electron chi connectivity index (χ2n) is 6.98. The molecule has 3 heterocycles. The highest BCUT2D eigenvalue weighted by molar-refractivity contribution is 5.48. The van der Waals surface area contributed by atoms with Gasteiger partial charge in [-0.1, -0.05) is 13.8 Å². The highest BCUT2D eigenvalue weighted by atomic mass is 16.5. The Morgan fingerprint density at radius 3 is 2.70 bits per heavy atom. The fourth-order valence-electron chi connectivity index (χ4n) is 3.65. The molecular weight excluding hydrogens is 292 g/mol. The van der Waals surface area contributed by atoms with Crippen molar-refractivity contribution in [3.8, 4) is 0 Å². The van der Waals surface area contributed by atoms with Gasteiger partial charge in [0.1, 0.15) is 12.1 Å². The Morgan fingerprint density at radius 2 is 2.00 bits per heavy atom. The van der Waals surface area contributed by atoms with E-state index >= 15 is 0 Å². The number of aliphatic hydroxyl groups is 1. The average molecular weight is 320 g/mol. The zero-order valence-electron chi connectivity index (χ0n) is 14.2. The minimum absolute atomic E-state index is 0.244. The lowest BCUT2D eigenvalue weighted by Gasteiger charge is -2.30. The molecule has 0 spiro atoms. The van der Waals surface area contributed by atoms with E-state index in [1.54, 1.807) is 6.33 Å². The smallest absolute Gasteiger partial charge is 0.135 e. The van der Waals surface area contributed by atoms with Crippen LogP contribution in [0, 0.1) is 11.8 Å². The maximum Gasteiger partial charge on any atom is 0.135 e. The van der Waals surface area contributed by atoms with E-state index in [2.05, 4.69) is 33.6 Å². The second-order valence-corrected chi connectivity index (χ2v) is 6.98. The van der Waals surface area contributed by atoms with Gasteiger partial charge in [-0.25, -0.2) is 9.97 Å². The van der Waals surface area contributed by atoms with Gasteiger partial charge in [0.25, 0.3) is 0 Å². The van der Waals surface area contributed by atoms with Crippen molar-refractivity contribution in [2.75, 3.05) is 57.4 Å². The molecule has 23 heavy (non-hydrogen) atoms. The van der Waals surface area contributed by atoms with E-state index in [1.165, 1.54) is 5.56 Å². The van der Waals surface area contributed by atoms with E-state index in [1.807, 2.05) is 6.20 Å². The standard InChI is InChI=1S/C17H28N4O2/c1-13(2)16-7-18-12-19-17(16)21-9-14(15(10-21)11-22)8-20-3-5-23-6-4-20/h7,12-15,22H,3-6,8-11H2,1-2H3/t14-,15-/m1/s1. The fraction of sp³-hybridized carbons (Fsp3) is 0.765. The molecule has 0 aromatic carbocycles. The van der Waals surface area contributed by atoms with E-state index in [0.29, 0.717) is 17.8 Å². The predicted molar refractivity (Wildman–Crippen MR) is 89.7 cm³/mol. The molecule has 0 unspecified atom stereocenters. The summed E-state index contributed by atoms with van der Waals surface area (Å²) in [5.74, 6) is 2.23. The van der Waals surface area contributed by atoms with Crippen LogP contribution in [0.15, 0.2) is 12.5 Å². The van der Waals surface area contributed by atoms with Crippen molar-refractivity contribution >= 4 is 5.82 Å². The predicted octanol–water partition coefficient (Wildman–Crippen LogP) is 0.977. The highest BCUT2D eigenvalue weighted by Gasteiger charge is 2.35. The van der Waals surface area contributed by atoms with Gasteiger partial charge in [0.2, 0.25) is 0 Å². The van der Waals surface area contributed by atoms with Gasteiger partial charge in [-0.3, -0.25) is 4.90 Å². The number of aliphatic hydroxyl groups excluding tert-OH is 1. The molecule has 1 N–H and O–H groups in total. The van der Waals surface area contributed by atoms with E-state index in [0.717, 1.165) is 51.8 Å². The second kappa shape index (κ2) is 7.55. The van der Waals surface area contributed by atoms with Crippen molar-refractivity contribution in [3.05, 3.63) is 18.1 Å². The quantitative estimate of drug-likeness (QED) is 0.872. The third kappa shape index (κ3) is 3.82. The van der Waals surface area contributed by atoms with Gasteiger partial charge in [-0.2, -0.15) is 0 Å². The summed E-state index contributed by atoms with van der Waals surface area (Å²) in [6.45, 7) is 11.1. The highest BCUT2D eigenvalue weighted by Crippen LogP contribution is 2.32. The van der Waals surface area contributed by atoms with Crippen LogP contribution < -0.4 is 4.90 Å². The van der Waals surface area contributed by atoms with Crippen molar-refractivity contribution in [2.24, 2.45) is 11.8 Å². The summed E-state index contributed by atoms with van der Waals surface area (Å²) < 4.78 is 5.43. The van der Waals surface area contributed by atoms with Gasteiger partial charge in [-0.05, 0) is 11.8 Å². The first-order valence-electron chi connectivity index (χ1n) is 8.64. The van der Waals surface area contributed by atoms with Crippen LogP contribution in [-0.4, -0.2) is 72.5 Å². The summed E-state index contributed by atoms with van der Waals surface area (Å²) in [6.07, 6.45) is 3.56. The first kappa shape index (κ1) is 16.6. The molecular formula is C17H28N4O2. The minimum Gasteiger partial charge on any atom is -0.396 e. The molecule has 2 aliphatic rings. The Labute approximate surface area is 138 Å². The molecule has 0 radical (unpaired) electrons. The third-order valence-corrected chi connectivity index (χ3v) is 5.05. The van der Waals surface area contributed by atoms with Crippen molar-refractivity contribution in [3.63, 3.8) is 0 Å². The largest absolute Gasteiger partial charge is 0.396 e. The van der Waals surface area contributed by atoms with E-state index < -0.39 is 0 Å². The van der Waals surface area contributed by atoms with Crippen molar-refractivity contribution < 1.29 is 9.84 Å². The zero-order valence-corrected chi connectivity index (χ0v) is 14.2. The maximum atomic E-state index is 9.81. The molecule has 6 heteroatoms. The Kier molecular flexibility index (Phi) is 5.46. The Bertz CT molecular complexity index is 505. The van der Waals surface area contributed by atoms with Crippen molar-refractivity contribution in [1.29, 1.82) is 0 Å². The monoisotopic (exact) mass is 320 g/mol. The molecule has 0 amide bonds. The molecule has 1 aromatic heterocycles. The lowest BCUT2D eigenvalue weighted by atomic mass is 9.96. The average Bonchev–Trinajstić information content (AvgIpc) is 2.98. The van der Waals surface area contributed by atoms with Gasteiger partial charge in [0, 0.05) is 57.0 Å². The number of anilines is 1. The van der Waals surface area contributed by atoms with E-state index in [4.69, 9.17) is 4.74 Å². The summed E-state index contributed by atoms with van der Waals surface area (Å²) in [4.78, 5) is 13.5. The van der Waals surface area contributed by atoms with Crippen LogP contribution in [0.3, 0.4) is 0 Å². The van der Waals surface area contributed by atoms with Gasteiger partial charge in [-0.15, -0.1) is 0 Å². The van der Waals surface area contributed by atoms with Crippen LogP contribution in [0.4, 0.5) is 5.82 Å². The number of hydrogen-bond donors (Lipinski definition) is 1. The number of ether oxygens (including phenoxy) is 1. The third-order valence-electron chi connectivity index (χ3n) is 5.05. The van der Waals surface area contributed by atoms with Crippen molar-refractivity contribution in [2.45, 2.75) is 19.8 Å². The summed E-state index contributed by atoms with van der Waals surface area (Å²) in [7, 11) is 0. The van der Waals surface area contributed by atoms with Gasteiger partial charge >= 0.3 is 0 Å². The zero-order chi connectivity index (χ0) is 16.2. The topological polar surface area (TPSA) is 61.7 Å². The van der Waals surface area contributed by atoms with Crippen molar-refractivity contribution in [1.82, 2.24) is 14.9 Å². The first-order chi connectivity index (χ1) is 11.2. The van der Waals surface area contributed by atoms with Gasteiger partial charge in [0.05, 0.1) is 13.2 Å². The number of morpholine rings is 1. The first-order valence-corrected chi connectivity index (χ1v) is 8.64. The maximum absolute atomic E-state index is 9.81. The van der Waals surface area contributed by atoms with E-state index in [-0.39, 0.29) is 6.61 Å². The molecule has 128 valence electrons. The molecule has 6 nitrogen and oxygen atoms in total. The fourth-order valence-corrected chi connectivity index (χ4v) is 3.65. The summed E-state index contributed by atoms with van der Waals surface area (Å²) in [6, 6.07) is 0. The van der Waals surface area contributed by atoms with Crippen LogP contribution in [0.25, 0.3) is 0 Å².